The number of aromatic nitrogens is 5. The van der Waals surface area contributed by atoms with E-state index in [-0.39, 0.29) is 0 Å². The van der Waals surface area contributed by atoms with Gasteiger partial charge in [0.15, 0.2) is 5.65 Å². The Balaban J connectivity index is 1.80. The van der Waals surface area contributed by atoms with Crippen molar-refractivity contribution in [3.8, 4) is 0 Å². The van der Waals surface area contributed by atoms with E-state index >= 15 is 0 Å². The Labute approximate surface area is 113 Å². The number of nitrogens with one attached hydrogen (secondary N) is 2. The van der Waals surface area contributed by atoms with Crippen LogP contribution in [0.25, 0.3) is 11.2 Å². The summed E-state index contributed by atoms with van der Waals surface area (Å²) in [4.78, 5) is 19.8. The number of nitrogens with zero attached hydrogens (tertiary/aromatic N) is 4. The van der Waals surface area contributed by atoms with Crippen LogP contribution in [0.1, 0.15) is 5.69 Å². The number of aromatic amines is 1. The van der Waals surface area contributed by atoms with Crippen LogP contribution in [0.2, 0.25) is 0 Å². The van der Waals surface area contributed by atoms with Crippen molar-refractivity contribution in [3.63, 3.8) is 0 Å². The summed E-state index contributed by atoms with van der Waals surface area (Å²) in [6.07, 6.45) is 3.12. The summed E-state index contributed by atoms with van der Waals surface area (Å²) in [5, 5.41) is 0.857. The topological polar surface area (TPSA) is 105 Å². The first-order valence-corrected chi connectivity index (χ1v) is 6.55. The van der Waals surface area contributed by atoms with Gasteiger partial charge in [-0.25, -0.2) is 25.8 Å². The van der Waals surface area contributed by atoms with Crippen molar-refractivity contribution < 1.29 is 0 Å². The van der Waals surface area contributed by atoms with Gasteiger partial charge >= 0.3 is 0 Å². The minimum atomic E-state index is 0.646. The molecule has 96 valence electrons. The number of hydrazine groups is 1. The number of anilines is 1. The van der Waals surface area contributed by atoms with E-state index in [0.29, 0.717) is 17.2 Å². The molecule has 3 aromatic rings. The molecular formula is C11H11N7S. The quantitative estimate of drug-likeness (QED) is 0.285. The Hall–Kier alpha value is -2.19. The zero-order valence-electron chi connectivity index (χ0n) is 9.87. The van der Waals surface area contributed by atoms with Crippen molar-refractivity contribution in [3.05, 3.63) is 36.5 Å². The zero-order valence-corrected chi connectivity index (χ0v) is 10.7. The molecule has 3 rings (SSSR count). The molecule has 0 saturated carbocycles. The largest absolute Gasteiger partial charge is 0.341 e. The van der Waals surface area contributed by atoms with Gasteiger partial charge in [0, 0.05) is 5.75 Å². The van der Waals surface area contributed by atoms with Crippen LogP contribution in [-0.2, 0) is 5.75 Å². The number of hydrogen-bond donors (Lipinski definition) is 3. The molecule has 3 aromatic heterocycles. The number of imidazole rings is 1. The van der Waals surface area contributed by atoms with Gasteiger partial charge in [0.2, 0.25) is 0 Å². The maximum atomic E-state index is 5.33. The number of hydrogen-bond acceptors (Lipinski definition) is 7. The van der Waals surface area contributed by atoms with Crippen LogP contribution in [0.5, 0.6) is 0 Å². The van der Waals surface area contributed by atoms with Crippen molar-refractivity contribution >= 4 is 28.7 Å². The van der Waals surface area contributed by atoms with E-state index < -0.39 is 0 Å². The van der Waals surface area contributed by atoms with Crippen LogP contribution >= 0.6 is 11.8 Å². The first-order chi connectivity index (χ1) is 9.36. The highest BCUT2D eigenvalue weighted by Crippen LogP contribution is 2.24. The van der Waals surface area contributed by atoms with Gasteiger partial charge in [0.1, 0.15) is 22.7 Å². The average molecular weight is 273 g/mol. The third-order valence-electron chi connectivity index (χ3n) is 2.50. The Morgan fingerprint density at radius 2 is 2.21 bits per heavy atom. The van der Waals surface area contributed by atoms with E-state index in [2.05, 4.69) is 30.3 Å². The van der Waals surface area contributed by atoms with Crippen molar-refractivity contribution in [1.29, 1.82) is 0 Å². The van der Waals surface area contributed by atoms with Crippen LogP contribution in [0.4, 0.5) is 5.82 Å². The summed E-state index contributed by atoms with van der Waals surface area (Å²) < 4.78 is 0. The predicted octanol–water partition coefficient (Wildman–Crippen LogP) is 1.33. The van der Waals surface area contributed by atoms with Crippen LogP contribution < -0.4 is 11.3 Å². The first kappa shape index (κ1) is 11.9. The zero-order chi connectivity index (χ0) is 13.1. The van der Waals surface area contributed by atoms with Gasteiger partial charge in [-0.1, -0.05) is 17.8 Å². The van der Waals surface area contributed by atoms with E-state index in [1.807, 2.05) is 18.2 Å². The Kier molecular flexibility index (Phi) is 3.25. The van der Waals surface area contributed by atoms with E-state index in [1.54, 1.807) is 18.1 Å². The normalized spacial score (nSPS) is 10.8. The van der Waals surface area contributed by atoms with Gasteiger partial charge in [-0.05, 0) is 12.1 Å². The Morgan fingerprint density at radius 3 is 3.11 bits per heavy atom. The number of pyridine rings is 1. The SMILES string of the molecule is NNc1cccc(CSc2ncnc3nc[nH]c23)n1. The van der Waals surface area contributed by atoms with Crippen LogP contribution in [0.3, 0.4) is 0 Å². The van der Waals surface area contributed by atoms with Crippen LogP contribution in [-0.4, -0.2) is 24.9 Å². The van der Waals surface area contributed by atoms with Crippen molar-refractivity contribution in [2.45, 2.75) is 10.8 Å². The molecule has 0 amide bonds. The van der Waals surface area contributed by atoms with Gasteiger partial charge < -0.3 is 10.4 Å². The molecule has 8 heteroatoms. The molecule has 0 bridgehead atoms. The molecule has 0 saturated heterocycles. The molecule has 0 fully saturated rings. The van der Waals surface area contributed by atoms with E-state index in [0.717, 1.165) is 16.2 Å². The van der Waals surface area contributed by atoms with Crippen molar-refractivity contribution in [1.82, 2.24) is 24.9 Å². The molecule has 4 N–H and O–H groups in total. The van der Waals surface area contributed by atoms with Gasteiger partial charge in [-0.3, -0.25) is 0 Å². The molecule has 0 unspecified atom stereocenters. The number of H-pyrrole nitrogens is 1. The lowest BCUT2D eigenvalue weighted by Crippen LogP contribution is -2.08. The minimum absolute atomic E-state index is 0.646. The molecule has 7 nitrogen and oxygen atoms in total. The second-order valence-electron chi connectivity index (χ2n) is 3.73. The number of rotatable bonds is 4. The van der Waals surface area contributed by atoms with Crippen LogP contribution in [0, 0.1) is 0 Å². The molecule has 0 radical (unpaired) electrons. The number of nitrogens with two attached hydrogens (primary N) is 1. The average Bonchev–Trinajstić information content (AvgIpc) is 2.94. The highest BCUT2D eigenvalue weighted by Gasteiger charge is 2.07. The minimum Gasteiger partial charge on any atom is -0.341 e. The number of fused-ring (bicyclic) bond motifs is 1. The van der Waals surface area contributed by atoms with Crippen molar-refractivity contribution in [2.24, 2.45) is 5.84 Å². The summed E-state index contributed by atoms with van der Waals surface area (Å²) in [6.45, 7) is 0. The highest BCUT2D eigenvalue weighted by molar-refractivity contribution is 7.98. The van der Waals surface area contributed by atoms with E-state index in [9.17, 15) is 0 Å². The van der Waals surface area contributed by atoms with Gasteiger partial charge in [0.25, 0.3) is 0 Å². The van der Waals surface area contributed by atoms with Gasteiger partial charge in [-0.2, -0.15) is 0 Å². The molecule has 0 atom stereocenters. The first-order valence-electron chi connectivity index (χ1n) is 5.56. The molecule has 3 heterocycles. The fourth-order valence-electron chi connectivity index (χ4n) is 1.63. The monoisotopic (exact) mass is 273 g/mol. The standard InChI is InChI=1S/C11H11N7S/c12-18-8-3-1-2-7(17-8)4-19-11-9-10(14-5-13-9)15-6-16-11/h1-3,5-6H,4,12H2,(H,17,18)(H,13,14,15,16). The third-order valence-corrected chi connectivity index (χ3v) is 3.52. The third kappa shape index (κ3) is 2.49. The van der Waals surface area contributed by atoms with E-state index in [4.69, 9.17) is 5.84 Å². The lowest BCUT2D eigenvalue weighted by Gasteiger charge is -2.03. The van der Waals surface area contributed by atoms with E-state index in [1.165, 1.54) is 6.33 Å². The number of nitrogen functional groups attached to an aromatic ring is 1. The molecule has 0 aliphatic heterocycles. The summed E-state index contributed by atoms with van der Waals surface area (Å²) in [5.41, 5.74) is 4.97. The highest BCUT2D eigenvalue weighted by atomic mass is 32.2. The Bertz CT molecular complexity index is 696. The van der Waals surface area contributed by atoms with Crippen LogP contribution in [0.15, 0.2) is 35.9 Å². The lowest BCUT2D eigenvalue weighted by atomic mass is 10.4. The molecular weight excluding hydrogens is 262 g/mol. The molecule has 19 heavy (non-hydrogen) atoms. The summed E-state index contributed by atoms with van der Waals surface area (Å²) >= 11 is 1.57. The fourth-order valence-corrected chi connectivity index (χ4v) is 2.50. The summed E-state index contributed by atoms with van der Waals surface area (Å²) in [5.74, 6) is 6.67. The van der Waals surface area contributed by atoms with Gasteiger partial charge in [-0.15, -0.1) is 0 Å². The predicted molar refractivity (Wildman–Crippen MR) is 73.3 cm³/mol. The molecule has 0 aromatic carbocycles. The summed E-state index contributed by atoms with van der Waals surface area (Å²) in [7, 11) is 0. The second-order valence-corrected chi connectivity index (χ2v) is 4.69. The second kappa shape index (κ2) is 5.21. The number of thioether (sulfide) groups is 1. The molecule has 0 aliphatic rings. The molecule has 0 aliphatic carbocycles. The van der Waals surface area contributed by atoms with Gasteiger partial charge in [0.05, 0.1) is 12.0 Å². The summed E-state index contributed by atoms with van der Waals surface area (Å²) in [6, 6.07) is 5.66. The Morgan fingerprint density at radius 1 is 1.26 bits per heavy atom. The lowest BCUT2D eigenvalue weighted by molar-refractivity contribution is 1.08. The maximum Gasteiger partial charge on any atom is 0.181 e. The van der Waals surface area contributed by atoms with Crippen molar-refractivity contribution in [2.75, 3.05) is 5.43 Å². The maximum absolute atomic E-state index is 5.33. The fraction of sp³-hybridized carbons (Fsp3) is 0.0909. The molecule has 0 spiro atoms. The smallest absolute Gasteiger partial charge is 0.181 e.